The van der Waals surface area contributed by atoms with E-state index in [4.69, 9.17) is 4.74 Å². The van der Waals surface area contributed by atoms with Gasteiger partial charge in [0.05, 0.1) is 5.54 Å². The van der Waals surface area contributed by atoms with E-state index in [0.717, 1.165) is 5.57 Å². The fourth-order valence-electron chi connectivity index (χ4n) is 1.08. The fraction of sp³-hybridized carbons (Fsp3) is 0.750. The van der Waals surface area contributed by atoms with Crippen LogP contribution < -0.4 is 10.6 Å². The van der Waals surface area contributed by atoms with Gasteiger partial charge in [0.15, 0.2) is 0 Å². The molecular formula is C12H24N2O2. The highest BCUT2D eigenvalue weighted by molar-refractivity contribution is 5.69. The molecule has 0 saturated heterocycles. The van der Waals surface area contributed by atoms with Crippen LogP contribution in [0.15, 0.2) is 12.2 Å². The number of likely N-dealkylation sites (N-methyl/N-ethyl adjacent to an activating group) is 1. The van der Waals surface area contributed by atoms with Gasteiger partial charge in [-0.2, -0.15) is 0 Å². The number of nitrogens with one attached hydrogen (secondary N) is 2. The van der Waals surface area contributed by atoms with E-state index in [1.165, 1.54) is 0 Å². The zero-order valence-corrected chi connectivity index (χ0v) is 11.2. The zero-order valence-electron chi connectivity index (χ0n) is 11.2. The smallest absolute Gasteiger partial charge is 0.408 e. The monoisotopic (exact) mass is 228 g/mol. The maximum atomic E-state index is 11.6. The minimum Gasteiger partial charge on any atom is -0.444 e. The molecular weight excluding hydrogens is 204 g/mol. The molecule has 0 spiro atoms. The molecule has 0 aromatic rings. The summed E-state index contributed by atoms with van der Waals surface area (Å²) in [5.41, 5.74) is -0.0589. The lowest BCUT2D eigenvalue weighted by Gasteiger charge is -2.30. The van der Waals surface area contributed by atoms with Gasteiger partial charge in [-0.05, 0) is 47.2 Å². The number of alkyl carbamates (subject to hydrolysis) is 1. The Morgan fingerprint density at radius 2 is 1.75 bits per heavy atom. The average molecular weight is 228 g/mol. The molecule has 94 valence electrons. The molecule has 0 aromatic carbocycles. The van der Waals surface area contributed by atoms with E-state index < -0.39 is 17.2 Å². The predicted molar refractivity (Wildman–Crippen MR) is 66.5 cm³/mol. The van der Waals surface area contributed by atoms with Gasteiger partial charge < -0.3 is 15.4 Å². The van der Waals surface area contributed by atoms with Gasteiger partial charge in [-0.1, -0.05) is 6.58 Å². The van der Waals surface area contributed by atoms with Crippen molar-refractivity contribution in [2.75, 3.05) is 13.6 Å². The molecule has 0 aromatic heterocycles. The topological polar surface area (TPSA) is 50.4 Å². The highest BCUT2D eigenvalue weighted by atomic mass is 16.6. The van der Waals surface area contributed by atoms with E-state index in [-0.39, 0.29) is 0 Å². The third kappa shape index (κ3) is 5.75. The molecule has 0 saturated carbocycles. The van der Waals surface area contributed by atoms with Crippen LogP contribution >= 0.6 is 0 Å². The van der Waals surface area contributed by atoms with Crippen molar-refractivity contribution in [3.8, 4) is 0 Å². The summed E-state index contributed by atoms with van der Waals surface area (Å²) in [6.45, 7) is 13.9. The molecule has 0 aliphatic heterocycles. The molecule has 0 radical (unpaired) electrons. The van der Waals surface area contributed by atoms with Crippen LogP contribution in [0.1, 0.15) is 34.6 Å². The fourth-order valence-corrected chi connectivity index (χ4v) is 1.08. The summed E-state index contributed by atoms with van der Waals surface area (Å²) in [7, 11) is 1.84. The summed E-state index contributed by atoms with van der Waals surface area (Å²) in [6.07, 6.45) is -0.422. The van der Waals surface area contributed by atoms with Crippen molar-refractivity contribution < 1.29 is 9.53 Å². The Labute approximate surface area is 98.4 Å². The highest BCUT2D eigenvalue weighted by Gasteiger charge is 2.26. The SMILES string of the molecule is C=C(CNC)C(C)(C)NC(=O)OC(C)(C)C. The van der Waals surface area contributed by atoms with Gasteiger partial charge >= 0.3 is 6.09 Å². The molecule has 0 unspecified atom stereocenters. The Morgan fingerprint density at radius 3 is 2.12 bits per heavy atom. The number of carbonyl (C=O) groups is 1. The molecule has 0 fully saturated rings. The van der Waals surface area contributed by atoms with Crippen molar-refractivity contribution in [2.45, 2.75) is 45.8 Å². The lowest BCUT2D eigenvalue weighted by atomic mass is 9.95. The van der Waals surface area contributed by atoms with E-state index in [1.54, 1.807) is 0 Å². The first-order valence-corrected chi connectivity index (χ1v) is 5.42. The lowest BCUT2D eigenvalue weighted by Crippen LogP contribution is -2.48. The van der Waals surface area contributed by atoms with E-state index in [2.05, 4.69) is 17.2 Å². The molecule has 0 atom stereocenters. The number of rotatable bonds is 4. The van der Waals surface area contributed by atoms with E-state index in [9.17, 15) is 4.79 Å². The van der Waals surface area contributed by atoms with Gasteiger partial charge in [-0.3, -0.25) is 0 Å². The average Bonchev–Trinajstić information content (AvgIpc) is 1.99. The molecule has 1 amide bonds. The summed E-state index contributed by atoms with van der Waals surface area (Å²) >= 11 is 0. The Morgan fingerprint density at radius 1 is 1.25 bits per heavy atom. The van der Waals surface area contributed by atoms with Gasteiger partial charge in [-0.25, -0.2) is 4.79 Å². The van der Waals surface area contributed by atoms with Gasteiger partial charge in [0, 0.05) is 6.54 Å². The van der Waals surface area contributed by atoms with Crippen LogP contribution in [0.5, 0.6) is 0 Å². The second kappa shape index (κ2) is 5.34. The van der Waals surface area contributed by atoms with Crippen molar-refractivity contribution in [2.24, 2.45) is 0 Å². The van der Waals surface area contributed by atoms with Gasteiger partial charge in [0.25, 0.3) is 0 Å². The van der Waals surface area contributed by atoms with Crippen LogP contribution in [-0.2, 0) is 4.74 Å². The lowest BCUT2D eigenvalue weighted by molar-refractivity contribution is 0.0486. The third-order valence-corrected chi connectivity index (χ3v) is 2.09. The van der Waals surface area contributed by atoms with Crippen LogP contribution in [0.3, 0.4) is 0 Å². The van der Waals surface area contributed by atoms with Crippen LogP contribution in [0, 0.1) is 0 Å². The Balaban J connectivity index is 4.36. The van der Waals surface area contributed by atoms with Crippen LogP contribution in [0.2, 0.25) is 0 Å². The molecule has 4 nitrogen and oxygen atoms in total. The summed E-state index contributed by atoms with van der Waals surface area (Å²) in [5.74, 6) is 0. The van der Waals surface area contributed by atoms with E-state index >= 15 is 0 Å². The second-order valence-corrected chi connectivity index (χ2v) is 5.39. The van der Waals surface area contributed by atoms with Gasteiger partial charge in [0.1, 0.15) is 5.60 Å². The number of ether oxygens (including phenoxy) is 1. The van der Waals surface area contributed by atoms with E-state index in [0.29, 0.717) is 6.54 Å². The van der Waals surface area contributed by atoms with Crippen LogP contribution in [-0.4, -0.2) is 30.8 Å². The van der Waals surface area contributed by atoms with Crippen molar-refractivity contribution in [3.05, 3.63) is 12.2 Å². The third-order valence-electron chi connectivity index (χ3n) is 2.09. The number of hydrogen-bond donors (Lipinski definition) is 2. The predicted octanol–water partition coefficient (Wildman–Crippen LogP) is 2.07. The second-order valence-electron chi connectivity index (χ2n) is 5.39. The summed E-state index contributed by atoms with van der Waals surface area (Å²) in [4.78, 5) is 11.6. The molecule has 0 aliphatic carbocycles. The van der Waals surface area contributed by atoms with Crippen molar-refractivity contribution in [3.63, 3.8) is 0 Å². The minimum absolute atomic E-state index is 0.422. The molecule has 0 bridgehead atoms. The summed E-state index contributed by atoms with van der Waals surface area (Å²) < 4.78 is 5.19. The normalized spacial score (nSPS) is 12.1. The van der Waals surface area contributed by atoms with Crippen LogP contribution in [0.4, 0.5) is 4.79 Å². The maximum absolute atomic E-state index is 11.6. The zero-order chi connectivity index (χ0) is 13.0. The Hall–Kier alpha value is -1.03. The first kappa shape index (κ1) is 15.0. The van der Waals surface area contributed by atoms with Crippen LogP contribution in [0.25, 0.3) is 0 Å². The molecule has 0 heterocycles. The number of carbonyl (C=O) groups excluding carboxylic acids is 1. The van der Waals surface area contributed by atoms with Crippen molar-refractivity contribution in [1.82, 2.24) is 10.6 Å². The maximum Gasteiger partial charge on any atom is 0.408 e. The highest BCUT2D eigenvalue weighted by Crippen LogP contribution is 2.15. The van der Waals surface area contributed by atoms with Crippen molar-refractivity contribution >= 4 is 6.09 Å². The molecule has 16 heavy (non-hydrogen) atoms. The molecule has 0 aliphatic rings. The number of amides is 1. The van der Waals surface area contributed by atoms with Gasteiger partial charge in [0.2, 0.25) is 0 Å². The first-order valence-electron chi connectivity index (χ1n) is 5.42. The molecule has 0 rings (SSSR count). The first-order chi connectivity index (χ1) is 7.08. The standard InChI is InChI=1S/C12H24N2O2/c1-9(8-13-7)12(5,6)14-10(15)16-11(2,3)4/h13H,1,8H2,2-7H3,(H,14,15). The molecule has 2 N–H and O–H groups in total. The largest absolute Gasteiger partial charge is 0.444 e. The van der Waals surface area contributed by atoms with Gasteiger partial charge in [-0.15, -0.1) is 0 Å². The number of hydrogen-bond acceptors (Lipinski definition) is 3. The van der Waals surface area contributed by atoms with E-state index in [1.807, 2.05) is 41.7 Å². The Bertz CT molecular complexity index is 265. The molecule has 4 heteroatoms. The Kier molecular flexibility index (Phi) is 5.00. The summed E-state index contributed by atoms with van der Waals surface area (Å²) in [5, 5.41) is 5.80. The minimum atomic E-state index is -0.482. The summed E-state index contributed by atoms with van der Waals surface area (Å²) in [6, 6.07) is 0. The van der Waals surface area contributed by atoms with Crippen molar-refractivity contribution in [1.29, 1.82) is 0 Å². The quantitative estimate of drug-likeness (QED) is 0.724.